The quantitative estimate of drug-likeness (QED) is 0.786. The summed E-state index contributed by atoms with van der Waals surface area (Å²) in [7, 11) is 0. The van der Waals surface area contributed by atoms with Crippen LogP contribution < -0.4 is 4.90 Å². The Bertz CT molecular complexity index is 448. The van der Waals surface area contributed by atoms with Crippen molar-refractivity contribution < 1.29 is 13.9 Å². The first-order valence-corrected chi connectivity index (χ1v) is 6.59. The highest BCUT2D eigenvalue weighted by Gasteiger charge is 2.23. The van der Waals surface area contributed by atoms with Crippen LogP contribution in [0.3, 0.4) is 0 Å². The third-order valence-electron chi connectivity index (χ3n) is 2.86. The van der Waals surface area contributed by atoms with Gasteiger partial charge in [0.25, 0.3) is 0 Å². The second kappa shape index (κ2) is 5.65. The molecule has 2 rings (SSSR count). The molecule has 1 fully saturated rings. The van der Waals surface area contributed by atoms with E-state index in [1.54, 1.807) is 0 Å². The van der Waals surface area contributed by atoms with Gasteiger partial charge in [-0.15, -0.1) is 0 Å². The molecule has 2 heterocycles. The van der Waals surface area contributed by atoms with Crippen LogP contribution in [0.5, 0.6) is 0 Å². The number of aromatic nitrogens is 1. The molecule has 0 amide bonds. The fourth-order valence-electron chi connectivity index (χ4n) is 2.06. The zero-order valence-corrected chi connectivity index (χ0v) is 11.6. The Hall–Kier alpha value is -1.17. The summed E-state index contributed by atoms with van der Waals surface area (Å²) in [4.78, 5) is 17.0. The molecule has 0 aliphatic carbocycles. The smallest absolute Gasteiger partial charge is 0.302 e. The molecule has 0 bridgehead atoms. The van der Waals surface area contributed by atoms with E-state index in [4.69, 9.17) is 4.74 Å². The van der Waals surface area contributed by atoms with Crippen LogP contribution in [0, 0.1) is 5.82 Å². The maximum absolute atomic E-state index is 13.0. The molecule has 1 saturated heterocycles. The monoisotopic (exact) mass is 316 g/mol. The van der Waals surface area contributed by atoms with Crippen LogP contribution >= 0.6 is 15.9 Å². The highest BCUT2D eigenvalue weighted by atomic mass is 79.9. The van der Waals surface area contributed by atoms with Crippen LogP contribution in [-0.4, -0.2) is 30.1 Å². The van der Waals surface area contributed by atoms with E-state index in [0.29, 0.717) is 4.47 Å². The van der Waals surface area contributed by atoms with Crippen LogP contribution in [0.1, 0.15) is 19.8 Å². The summed E-state index contributed by atoms with van der Waals surface area (Å²) in [5.41, 5.74) is 0. The van der Waals surface area contributed by atoms with E-state index in [1.165, 1.54) is 19.2 Å². The first-order valence-electron chi connectivity index (χ1n) is 5.79. The lowest BCUT2D eigenvalue weighted by atomic mass is 10.1. The van der Waals surface area contributed by atoms with Crippen LogP contribution in [0.4, 0.5) is 10.2 Å². The Kier molecular flexibility index (Phi) is 4.16. The standard InChI is InChI=1S/C12H14BrFN2O2/c1-8(17)18-10-2-4-16(5-3-10)12-11(13)6-9(14)7-15-12/h6-7,10H,2-5H2,1H3. The normalized spacial score (nSPS) is 16.7. The molecule has 0 atom stereocenters. The van der Waals surface area contributed by atoms with Crippen LogP contribution in [0.25, 0.3) is 0 Å². The molecule has 6 heteroatoms. The van der Waals surface area contributed by atoms with E-state index in [1.807, 2.05) is 0 Å². The number of halogens is 2. The third-order valence-corrected chi connectivity index (χ3v) is 3.45. The lowest BCUT2D eigenvalue weighted by Gasteiger charge is -2.32. The number of hydrogen-bond donors (Lipinski definition) is 0. The summed E-state index contributed by atoms with van der Waals surface area (Å²) in [6.45, 7) is 2.91. The molecule has 1 aromatic heterocycles. The Labute approximate surface area is 113 Å². The number of nitrogens with zero attached hydrogens (tertiary/aromatic N) is 2. The number of anilines is 1. The van der Waals surface area contributed by atoms with Crippen LogP contribution in [0.15, 0.2) is 16.7 Å². The number of piperidine rings is 1. The molecule has 0 saturated carbocycles. The summed E-state index contributed by atoms with van der Waals surface area (Å²) in [5.74, 6) is 0.132. The van der Waals surface area contributed by atoms with Crippen LogP contribution in [-0.2, 0) is 9.53 Å². The highest BCUT2D eigenvalue weighted by Crippen LogP contribution is 2.27. The summed E-state index contributed by atoms with van der Waals surface area (Å²) in [6.07, 6.45) is 2.73. The van der Waals surface area contributed by atoms with Crippen molar-refractivity contribution in [3.05, 3.63) is 22.6 Å². The van der Waals surface area contributed by atoms with E-state index in [-0.39, 0.29) is 17.9 Å². The molecule has 98 valence electrons. The molecule has 0 aromatic carbocycles. The average Bonchev–Trinajstić information content (AvgIpc) is 2.30. The van der Waals surface area contributed by atoms with Gasteiger partial charge in [0, 0.05) is 32.9 Å². The molecule has 1 aromatic rings. The van der Waals surface area contributed by atoms with E-state index >= 15 is 0 Å². The maximum Gasteiger partial charge on any atom is 0.302 e. The third kappa shape index (κ3) is 3.19. The number of esters is 1. The minimum atomic E-state index is -0.361. The lowest BCUT2D eigenvalue weighted by molar-refractivity contribution is -0.147. The van der Waals surface area contributed by atoms with Crippen LogP contribution in [0.2, 0.25) is 0 Å². The van der Waals surface area contributed by atoms with Crippen molar-refractivity contribution in [2.75, 3.05) is 18.0 Å². The van der Waals surface area contributed by atoms with E-state index in [2.05, 4.69) is 25.8 Å². The minimum Gasteiger partial charge on any atom is -0.462 e. The Balaban J connectivity index is 1.99. The van der Waals surface area contributed by atoms with Crippen molar-refractivity contribution in [3.8, 4) is 0 Å². The van der Waals surface area contributed by atoms with E-state index in [0.717, 1.165) is 31.7 Å². The van der Waals surface area contributed by atoms with Gasteiger partial charge in [-0.2, -0.15) is 0 Å². The number of hydrogen-bond acceptors (Lipinski definition) is 4. The number of carbonyl (C=O) groups excluding carboxylic acids is 1. The van der Waals surface area contributed by atoms with Gasteiger partial charge in [0.1, 0.15) is 17.7 Å². The first kappa shape index (κ1) is 13.3. The molecule has 1 aliphatic heterocycles. The summed E-state index contributed by atoms with van der Waals surface area (Å²) < 4.78 is 18.8. The van der Waals surface area contributed by atoms with Crippen molar-refractivity contribution in [1.82, 2.24) is 4.98 Å². The molecule has 0 N–H and O–H groups in total. The number of ether oxygens (including phenoxy) is 1. The van der Waals surface area contributed by atoms with Gasteiger partial charge in [0.15, 0.2) is 0 Å². The summed E-state index contributed by atoms with van der Waals surface area (Å²) in [6, 6.07) is 1.40. The molecular weight excluding hydrogens is 303 g/mol. The van der Waals surface area contributed by atoms with Gasteiger partial charge in [-0.05, 0) is 22.0 Å². The molecular formula is C12H14BrFN2O2. The summed E-state index contributed by atoms with van der Waals surface area (Å²) >= 11 is 3.31. The average molecular weight is 317 g/mol. The molecule has 0 spiro atoms. The largest absolute Gasteiger partial charge is 0.462 e. The number of carbonyl (C=O) groups is 1. The zero-order chi connectivity index (χ0) is 13.1. The number of rotatable bonds is 2. The van der Waals surface area contributed by atoms with Gasteiger partial charge >= 0.3 is 5.97 Å². The Morgan fingerprint density at radius 2 is 2.22 bits per heavy atom. The molecule has 4 nitrogen and oxygen atoms in total. The Morgan fingerprint density at radius 3 is 2.78 bits per heavy atom. The van der Waals surface area contributed by atoms with E-state index in [9.17, 15) is 9.18 Å². The van der Waals surface area contributed by atoms with Crippen molar-refractivity contribution in [2.24, 2.45) is 0 Å². The molecule has 0 unspecified atom stereocenters. The highest BCUT2D eigenvalue weighted by molar-refractivity contribution is 9.10. The van der Waals surface area contributed by atoms with Gasteiger partial charge in [-0.1, -0.05) is 0 Å². The zero-order valence-electron chi connectivity index (χ0n) is 10.0. The van der Waals surface area contributed by atoms with Gasteiger partial charge < -0.3 is 9.64 Å². The van der Waals surface area contributed by atoms with Crippen molar-refractivity contribution in [1.29, 1.82) is 0 Å². The minimum absolute atomic E-state index is 0.0158. The number of pyridine rings is 1. The SMILES string of the molecule is CC(=O)OC1CCN(c2ncc(F)cc2Br)CC1. The van der Waals surface area contributed by atoms with Gasteiger partial charge in [-0.25, -0.2) is 9.37 Å². The van der Waals surface area contributed by atoms with Crippen molar-refractivity contribution >= 4 is 27.7 Å². The lowest BCUT2D eigenvalue weighted by Crippen LogP contribution is -2.38. The Morgan fingerprint density at radius 1 is 1.56 bits per heavy atom. The second-order valence-electron chi connectivity index (χ2n) is 4.25. The molecule has 18 heavy (non-hydrogen) atoms. The summed E-state index contributed by atoms with van der Waals surface area (Å²) in [5, 5.41) is 0. The predicted molar refractivity (Wildman–Crippen MR) is 68.9 cm³/mol. The van der Waals surface area contributed by atoms with Gasteiger partial charge in [0.05, 0.1) is 10.7 Å². The topological polar surface area (TPSA) is 42.4 Å². The van der Waals surface area contributed by atoms with Crippen molar-refractivity contribution in [3.63, 3.8) is 0 Å². The fraction of sp³-hybridized carbons (Fsp3) is 0.500. The van der Waals surface area contributed by atoms with E-state index < -0.39 is 0 Å². The predicted octanol–water partition coefficient (Wildman–Crippen LogP) is 2.52. The van der Waals surface area contributed by atoms with Gasteiger partial charge in [0.2, 0.25) is 0 Å². The van der Waals surface area contributed by atoms with Gasteiger partial charge in [-0.3, -0.25) is 4.79 Å². The maximum atomic E-state index is 13.0. The first-order chi connectivity index (χ1) is 8.56. The fourth-order valence-corrected chi connectivity index (χ4v) is 2.63. The molecule has 1 aliphatic rings. The second-order valence-corrected chi connectivity index (χ2v) is 5.11. The van der Waals surface area contributed by atoms with Crippen molar-refractivity contribution in [2.45, 2.75) is 25.9 Å². The molecule has 0 radical (unpaired) electrons.